The summed E-state index contributed by atoms with van der Waals surface area (Å²) in [5.41, 5.74) is 1.56. The summed E-state index contributed by atoms with van der Waals surface area (Å²) in [6.45, 7) is 4.47. The molecule has 0 saturated heterocycles. The average molecular weight is 230 g/mol. The molecule has 0 spiro atoms. The highest BCUT2D eigenvalue weighted by Gasteiger charge is 2.09. The Labute approximate surface area is 99.8 Å². The molecule has 0 bridgehead atoms. The van der Waals surface area contributed by atoms with Crippen LogP contribution in [0.4, 0.5) is 0 Å². The lowest BCUT2D eigenvalue weighted by molar-refractivity contribution is 0.327. The number of nitriles is 1. The van der Waals surface area contributed by atoms with Crippen LogP contribution in [0.25, 0.3) is 11.1 Å². The van der Waals surface area contributed by atoms with Crippen LogP contribution < -0.4 is 4.74 Å². The van der Waals surface area contributed by atoms with Crippen molar-refractivity contribution in [3.8, 4) is 11.8 Å². The minimum atomic E-state index is 0.269. The summed E-state index contributed by atoms with van der Waals surface area (Å²) in [7, 11) is 0. The highest BCUT2D eigenvalue weighted by molar-refractivity contribution is 5.74. The molecule has 0 aliphatic carbocycles. The zero-order valence-electron chi connectivity index (χ0n) is 9.93. The molecule has 1 aromatic carbocycles. The quantitative estimate of drug-likeness (QED) is 0.756. The third-order valence-corrected chi connectivity index (χ3v) is 2.35. The zero-order valence-corrected chi connectivity index (χ0v) is 9.93. The first-order chi connectivity index (χ1) is 8.20. The highest BCUT2D eigenvalue weighted by Crippen LogP contribution is 2.24. The molecule has 88 valence electrons. The molecule has 17 heavy (non-hydrogen) atoms. The molecule has 0 aliphatic rings. The Balaban J connectivity index is 2.22. The van der Waals surface area contributed by atoms with Crippen LogP contribution in [0.1, 0.15) is 32.1 Å². The van der Waals surface area contributed by atoms with Gasteiger partial charge in [-0.2, -0.15) is 5.26 Å². The van der Waals surface area contributed by atoms with Crippen molar-refractivity contribution >= 4 is 11.1 Å². The van der Waals surface area contributed by atoms with Crippen molar-refractivity contribution in [2.45, 2.75) is 26.2 Å². The van der Waals surface area contributed by atoms with Gasteiger partial charge in [-0.25, -0.2) is 4.98 Å². The van der Waals surface area contributed by atoms with Crippen molar-refractivity contribution in [2.75, 3.05) is 6.61 Å². The van der Waals surface area contributed by atoms with Gasteiger partial charge in [-0.3, -0.25) is 0 Å². The van der Waals surface area contributed by atoms with E-state index < -0.39 is 0 Å². The minimum Gasteiger partial charge on any atom is -0.492 e. The Kier molecular flexibility index (Phi) is 3.29. The fraction of sp³-hybridized carbons (Fsp3) is 0.385. The Morgan fingerprint density at radius 1 is 1.47 bits per heavy atom. The molecule has 2 rings (SSSR count). The van der Waals surface area contributed by atoms with E-state index in [1.165, 1.54) is 0 Å². The molecule has 0 atom stereocenters. The van der Waals surface area contributed by atoms with Gasteiger partial charge in [-0.05, 0) is 12.1 Å². The molecular formula is C13H14N2O2. The van der Waals surface area contributed by atoms with E-state index in [-0.39, 0.29) is 5.92 Å². The summed E-state index contributed by atoms with van der Waals surface area (Å²) in [5, 5.41) is 8.42. The standard InChI is InChI=1S/C13H14N2O2/c1-9(2)13-15-11-8-10(16-7-3-6-14)4-5-12(11)17-13/h4-5,8-9H,3,7H2,1-2H3. The van der Waals surface area contributed by atoms with Crippen LogP contribution in [0.3, 0.4) is 0 Å². The Morgan fingerprint density at radius 2 is 2.29 bits per heavy atom. The van der Waals surface area contributed by atoms with E-state index in [1.54, 1.807) is 0 Å². The summed E-state index contributed by atoms with van der Waals surface area (Å²) in [4.78, 5) is 4.39. The van der Waals surface area contributed by atoms with E-state index in [9.17, 15) is 0 Å². The van der Waals surface area contributed by atoms with Gasteiger partial charge in [-0.15, -0.1) is 0 Å². The van der Waals surface area contributed by atoms with Crippen molar-refractivity contribution in [3.63, 3.8) is 0 Å². The molecule has 0 unspecified atom stereocenters. The summed E-state index contributed by atoms with van der Waals surface area (Å²) in [6, 6.07) is 7.54. The van der Waals surface area contributed by atoms with Crippen LogP contribution in [0.2, 0.25) is 0 Å². The first-order valence-corrected chi connectivity index (χ1v) is 5.61. The summed E-state index contributed by atoms with van der Waals surface area (Å²) < 4.78 is 11.0. The number of ether oxygens (including phenoxy) is 1. The summed E-state index contributed by atoms with van der Waals surface area (Å²) in [6.07, 6.45) is 0.383. The van der Waals surface area contributed by atoms with Gasteiger partial charge in [0.1, 0.15) is 17.9 Å². The van der Waals surface area contributed by atoms with E-state index in [0.717, 1.165) is 22.7 Å². The van der Waals surface area contributed by atoms with Crippen LogP contribution in [0.5, 0.6) is 5.75 Å². The SMILES string of the molecule is CC(C)c1nc2cc(OCCC#N)ccc2o1. The lowest BCUT2D eigenvalue weighted by atomic mass is 10.2. The monoisotopic (exact) mass is 230 g/mol. The van der Waals surface area contributed by atoms with E-state index >= 15 is 0 Å². The predicted molar refractivity (Wildman–Crippen MR) is 63.8 cm³/mol. The molecule has 1 heterocycles. The van der Waals surface area contributed by atoms with Gasteiger partial charge < -0.3 is 9.15 Å². The van der Waals surface area contributed by atoms with Crippen LogP contribution >= 0.6 is 0 Å². The largest absolute Gasteiger partial charge is 0.492 e. The molecular weight excluding hydrogens is 216 g/mol. The lowest BCUT2D eigenvalue weighted by Crippen LogP contribution is -1.95. The Morgan fingerprint density at radius 3 is 3.00 bits per heavy atom. The average Bonchev–Trinajstić information content (AvgIpc) is 2.72. The van der Waals surface area contributed by atoms with E-state index in [1.807, 2.05) is 38.1 Å². The van der Waals surface area contributed by atoms with Gasteiger partial charge in [0.25, 0.3) is 0 Å². The van der Waals surface area contributed by atoms with Gasteiger partial charge in [0.05, 0.1) is 12.5 Å². The molecule has 1 aromatic heterocycles. The topological polar surface area (TPSA) is 59.0 Å². The van der Waals surface area contributed by atoms with Crippen LogP contribution in [0, 0.1) is 11.3 Å². The van der Waals surface area contributed by atoms with Crippen LogP contribution in [-0.4, -0.2) is 11.6 Å². The number of benzene rings is 1. The summed E-state index contributed by atoms with van der Waals surface area (Å²) in [5.74, 6) is 1.72. The number of aromatic nitrogens is 1. The first-order valence-electron chi connectivity index (χ1n) is 5.61. The molecule has 0 radical (unpaired) electrons. The van der Waals surface area contributed by atoms with E-state index in [2.05, 4.69) is 4.98 Å². The van der Waals surface area contributed by atoms with Crippen LogP contribution in [-0.2, 0) is 0 Å². The molecule has 0 N–H and O–H groups in total. The maximum atomic E-state index is 8.42. The minimum absolute atomic E-state index is 0.269. The van der Waals surface area contributed by atoms with E-state index in [0.29, 0.717) is 13.0 Å². The van der Waals surface area contributed by atoms with Crippen molar-refractivity contribution in [1.82, 2.24) is 4.98 Å². The lowest BCUT2D eigenvalue weighted by Gasteiger charge is -2.01. The van der Waals surface area contributed by atoms with Gasteiger partial charge in [0.15, 0.2) is 11.5 Å². The molecule has 4 heteroatoms. The van der Waals surface area contributed by atoms with Crippen molar-refractivity contribution in [3.05, 3.63) is 24.1 Å². The maximum Gasteiger partial charge on any atom is 0.198 e. The molecule has 0 aliphatic heterocycles. The molecule has 0 fully saturated rings. The Hall–Kier alpha value is -2.02. The second kappa shape index (κ2) is 4.88. The van der Waals surface area contributed by atoms with Crippen LogP contribution in [0.15, 0.2) is 22.6 Å². The molecule has 0 saturated carbocycles. The fourth-order valence-corrected chi connectivity index (χ4v) is 1.48. The summed E-state index contributed by atoms with van der Waals surface area (Å²) >= 11 is 0. The van der Waals surface area contributed by atoms with Crippen molar-refractivity contribution in [1.29, 1.82) is 5.26 Å². The predicted octanol–water partition coefficient (Wildman–Crippen LogP) is 3.24. The first kappa shape index (κ1) is 11.5. The Bertz CT molecular complexity index is 552. The normalized spacial score (nSPS) is 10.7. The third kappa shape index (κ3) is 2.56. The van der Waals surface area contributed by atoms with E-state index in [4.69, 9.17) is 14.4 Å². The van der Waals surface area contributed by atoms with Gasteiger partial charge in [0, 0.05) is 12.0 Å². The fourth-order valence-electron chi connectivity index (χ4n) is 1.48. The number of hydrogen-bond donors (Lipinski definition) is 0. The number of nitrogens with zero attached hydrogens (tertiary/aromatic N) is 2. The molecule has 0 amide bonds. The number of oxazole rings is 1. The highest BCUT2D eigenvalue weighted by atomic mass is 16.5. The van der Waals surface area contributed by atoms with Gasteiger partial charge in [0.2, 0.25) is 0 Å². The van der Waals surface area contributed by atoms with Gasteiger partial charge in [-0.1, -0.05) is 13.8 Å². The second-order valence-corrected chi connectivity index (χ2v) is 4.09. The number of hydrogen-bond acceptors (Lipinski definition) is 4. The molecule has 2 aromatic rings. The number of fused-ring (bicyclic) bond motifs is 1. The van der Waals surface area contributed by atoms with Crippen molar-refractivity contribution in [2.24, 2.45) is 0 Å². The number of rotatable bonds is 4. The molecule has 4 nitrogen and oxygen atoms in total. The maximum absolute atomic E-state index is 8.42. The van der Waals surface area contributed by atoms with Gasteiger partial charge >= 0.3 is 0 Å². The van der Waals surface area contributed by atoms with Crippen molar-refractivity contribution < 1.29 is 9.15 Å². The third-order valence-electron chi connectivity index (χ3n) is 2.35. The second-order valence-electron chi connectivity index (χ2n) is 4.09. The zero-order chi connectivity index (χ0) is 12.3. The smallest absolute Gasteiger partial charge is 0.198 e.